The van der Waals surface area contributed by atoms with Gasteiger partial charge in [-0.05, 0) is 43.9 Å². The van der Waals surface area contributed by atoms with Gasteiger partial charge in [0.1, 0.15) is 33.4 Å². The number of carbonyl (C=O) groups excluding carboxylic acids is 3. The maximum absolute atomic E-state index is 13.2. The molecule has 0 spiro atoms. The van der Waals surface area contributed by atoms with Crippen LogP contribution < -0.4 is 10.6 Å². The standard InChI is InChI=1S/C23H32N4O4S3/c1-14(2)19-21(29)31-15(8-6-4-5-7-9-32)10-17(28)24-11-18-25-16(12-33-18)20-27-23(3,13-34-20)22(30)26-19/h6,8,12,14-15,19,32H,4-5,7,9-11,13H2,1-3H3,(H,24,28)(H,26,30)/t15-,19?,23+/m1/s1. The fourth-order valence-corrected chi connectivity index (χ4v) is 5.60. The summed E-state index contributed by atoms with van der Waals surface area (Å²) in [4.78, 5) is 48.1. The van der Waals surface area contributed by atoms with Gasteiger partial charge in [0.25, 0.3) is 0 Å². The van der Waals surface area contributed by atoms with E-state index in [1.54, 1.807) is 13.0 Å². The van der Waals surface area contributed by atoms with Crippen molar-refractivity contribution >= 4 is 58.6 Å². The topological polar surface area (TPSA) is 110 Å². The number of allylic oxidation sites excluding steroid dienone is 1. The van der Waals surface area contributed by atoms with Gasteiger partial charge in [-0.15, -0.1) is 23.1 Å². The number of nitrogens with one attached hydrogen (secondary N) is 2. The number of carbonyl (C=O) groups is 3. The maximum atomic E-state index is 13.2. The fourth-order valence-electron chi connectivity index (χ4n) is 3.45. The number of thioether (sulfide) groups is 1. The lowest BCUT2D eigenvalue weighted by atomic mass is 10.0. The van der Waals surface area contributed by atoms with E-state index in [9.17, 15) is 14.4 Å². The number of rotatable bonds is 6. The van der Waals surface area contributed by atoms with Crippen LogP contribution in [0.25, 0.3) is 0 Å². The molecule has 2 N–H and O–H groups in total. The lowest BCUT2D eigenvalue weighted by Crippen LogP contribution is -2.53. The van der Waals surface area contributed by atoms with Crippen LogP contribution in [-0.4, -0.2) is 57.0 Å². The Hall–Kier alpha value is -1.85. The van der Waals surface area contributed by atoms with E-state index in [0.717, 1.165) is 30.0 Å². The highest BCUT2D eigenvalue weighted by Crippen LogP contribution is 2.32. The molecule has 4 bridgehead atoms. The summed E-state index contributed by atoms with van der Waals surface area (Å²) >= 11 is 7.11. The van der Waals surface area contributed by atoms with Crippen LogP contribution in [0.15, 0.2) is 22.5 Å². The van der Waals surface area contributed by atoms with Gasteiger partial charge in [0, 0.05) is 11.1 Å². The number of amides is 2. The van der Waals surface area contributed by atoms with E-state index in [4.69, 9.17) is 4.74 Å². The van der Waals surface area contributed by atoms with Gasteiger partial charge < -0.3 is 15.4 Å². The SMILES string of the molecule is CC(C)C1NC(=O)[C@]2(C)CSC(=N2)c2csc(n2)CNC(=O)C[C@@H](C=CCCCCS)OC1=O. The summed E-state index contributed by atoms with van der Waals surface area (Å²) in [7, 11) is 0. The number of aromatic nitrogens is 1. The molecular weight excluding hydrogens is 492 g/mol. The zero-order chi connectivity index (χ0) is 24.7. The van der Waals surface area contributed by atoms with Crippen molar-refractivity contribution in [2.75, 3.05) is 11.5 Å². The summed E-state index contributed by atoms with van der Waals surface area (Å²) in [5, 5.41) is 9.02. The van der Waals surface area contributed by atoms with E-state index in [-0.39, 0.29) is 30.7 Å². The first-order chi connectivity index (χ1) is 16.2. The normalized spacial score (nSPS) is 26.4. The van der Waals surface area contributed by atoms with Crippen LogP contribution in [0.2, 0.25) is 0 Å². The predicted molar refractivity (Wildman–Crippen MR) is 139 cm³/mol. The second kappa shape index (κ2) is 12.2. The highest BCUT2D eigenvalue weighted by Gasteiger charge is 2.41. The van der Waals surface area contributed by atoms with E-state index in [0.29, 0.717) is 16.5 Å². The minimum Gasteiger partial charge on any atom is -0.456 e. The molecule has 8 nitrogen and oxygen atoms in total. The van der Waals surface area contributed by atoms with E-state index in [2.05, 4.69) is 33.2 Å². The highest BCUT2D eigenvalue weighted by molar-refractivity contribution is 8.14. The summed E-state index contributed by atoms with van der Waals surface area (Å²) in [5.74, 6) is -0.0706. The van der Waals surface area contributed by atoms with Crippen LogP contribution >= 0.6 is 35.7 Å². The third-order valence-corrected chi connectivity index (χ3v) is 7.97. The van der Waals surface area contributed by atoms with Crippen molar-refractivity contribution < 1.29 is 19.1 Å². The van der Waals surface area contributed by atoms with E-state index in [1.807, 2.05) is 25.3 Å². The monoisotopic (exact) mass is 524 g/mol. The van der Waals surface area contributed by atoms with Gasteiger partial charge >= 0.3 is 5.97 Å². The largest absolute Gasteiger partial charge is 0.456 e. The Balaban J connectivity index is 1.86. The molecule has 0 fully saturated rings. The average Bonchev–Trinajstić information content (AvgIpc) is 3.42. The number of unbranched alkanes of at least 4 members (excludes halogenated alkanes) is 2. The van der Waals surface area contributed by atoms with Crippen molar-refractivity contribution in [3.8, 4) is 0 Å². The molecule has 1 aromatic rings. The number of hydrogen-bond acceptors (Lipinski definition) is 9. The van der Waals surface area contributed by atoms with Gasteiger partial charge in [-0.3, -0.25) is 14.6 Å². The summed E-state index contributed by atoms with van der Waals surface area (Å²) in [6, 6.07) is -0.851. The lowest BCUT2D eigenvalue weighted by Gasteiger charge is -2.27. The molecule has 3 heterocycles. The molecule has 1 aromatic heterocycles. The Bertz CT molecular complexity index is 962. The number of thiol groups is 1. The molecule has 2 amide bonds. The number of ether oxygens (including phenoxy) is 1. The van der Waals surface area contributed by atoms with Crippen LogP contribution in [0, 0.1) is 5.92 Å². The minimum atomic E-state index is -1.01. The van der Waals surface area contributed by atoms with Crippen LogP contribution in [0.1, 0.15) is 57.2 Å². The van der Waals surface area contributed by atoms with Gasteiger partial charge in [-0.2, -0.15) is 12.6 Å². The number of nitrogens with zero attached hydrogens (tertiary/aromatic N) is 2. The van der Waals surface area contributed by atoms with Gasteiger partial charge in [-0.1, -0.05) is 19.9 Å². The van der Waals surface area contributed by atoms with Crippen molar-refractivity contribution in [2.45, 2.75) is 70.7 Å². The van der Waals surface area contributed by atoms with Crippen molar-refractivity contribution in [1.29, 1.82) is 0 Å². The molecule has 3 atom stereocenters. The molecule has 3 rings (SSSR count). The van der Waals surface area contributed by atoms with Gasteiger partial charge in [0.15, 0.2) is 0 Å². The third-order valence-electron chi connectivity index (χ3n) is 5.53. The van der Waals surface area contributed by atoms with E-state index in [1.165, 1.54) is 23.1 Å². The third kappa shape index (κ3) is 7.08. The molecule has 2 aliphatic heterocycles. The summed E-state index contributed by atoms with van der Waals surface area (Å²) in [5.41, 5.74) is -0.306. The first-order valence-electron chi connectivity index (χ1n) is 11.4. The van der Waals surface area contributed by atoms with E-state index < -0.39 is 23.7 Å². The Labute approximate surface area is 214 Å². The predicted octanol–water partition coefficient (Wildman–Crippen LogP) is 3.12. The Morgan fingerprint density at radius 1 is 1.32 bits per heavy atom. The van der Waals surface area contributed by atoms with Gasteiger partial charge in [-0.25, -0.2) is 9.78 Å². The average molecular weight is 525 g/mol. The van der Waals surface area contributed by atoms with Gasteiger partial charge in [0.05, 0.1) is 13.0 Å². The van der Waals surface area contributed by atoms with E-state index >= 15 is 0 Å². The number of cyclic esters (lactones) is 1. The molecule has 186 valence electrons. The molecular formula is C23H32N4O4S3. The number of aliphatic imine (C=N–C) groups is 1. The molecule has 0 saturated heterocycles. The zero-order valence-corrected chi connectivity index (χ0v) is 22.2. The molecule has 0 aliphatic carbocycles. The Morgan fingerprint density at radius 3 is 2.85 bits per heavy atom. The summed E-state index contributed by atoms with van der Waals surface area (Å²) < 4.78 is 5.72. The number of esters is 1. The number of thiazole rings is 1. The van der Waals surface area contributed by atoms with Gasteiger partial charge in [0.2, 0.25) is 11.8 Å². The summed E-state index contributed by atoms with van der Waals surface area (Å²) in [6.45, 7) is 5.73. The smallest absolute Gasteiger partial charge is 0.329 e. The van der Waals surface area contributed by atoms with Crippen molar-refractivity contribution in [3.05, 3.63) is 28.2 Å². The number of fused-ring (bicyclic) bond motifs is 4. The quantitative estimate of drug-likeness (QED) is 0.228. The van der Waals surface area contributed by atoms with Crippen molar-refractivity contribution in [3.63, 3.8) is 0 Å². The molecule has 0 saturated carbocycles. The number of hydrogen-bond donors (Lipinski definition) is 3. The lowest BCUT2D eigenvalue weighted by molar-refractivity contribution is -0.153. The van der Waals surface area contributed by atoms with Crippen LogP contribution in [0.4, 0.5) is 0 Å². The second-order valence-electron chi connectivity index (χ2n) is 8.90. The Kier molecular flexibility index (Phi) is 9.61. The second-order valence-corrected chi connectivity index (χ2v) is 11.3. The maximum Gasteiger partial charge on any atom is 0.329 e. The first-order valence-corrected chi connectivity index (χ1v) is 13.9. The minimum absolute atomic E-state index is 0.00786. The molecule has 1 unspecified atom stereocenters. The van der Waals surface area contributed by atoms with Crippen LogP contribution in [-0.2, 0) is 25.7 Å². The van der Waals surface area contributed by atoms with Crippen molar-refractivity contribution in [1.82, 2.24) is 15.6 Å². The molecule has 11 heteroatoms. The highest BCUT2D eigenvalue weighted by atomic mass is 32.2. The first kappa shape index (κ1) is 26.7. The van der Waals surface area contributed by atoms with Crippen LogP contribution in [0.3, 0.4) is 0 Å². The molecule has 2 aliphatic rings. The Morgan fingerprint density at radius 2 is 2.12 bits per heavy atom. The molecule has 34 heavy (non-hydrogen) atoms. The molecule has 0 aromatic carbocycles. The van der Waals surface area contributed by atoms with Crippen molar-refractivity contribution in [2.24, 2.45) is 10.9 Å². The molecule has 0 radical (unpaired) electrons. The fraction of sp³-hybridized carbons (Fsp3) is 0.609. The summed E-state index contributed by atoms with van der Waals surface area (Å²) in [6.07, 6.45) is 5.69. The van der Waals surface area contributed by atoms with Crippen LogP contribution in [0.5, 0.6) is 0 Å². The zero-order valence-electron chi connectivity index (χ0n) is 19.7.